The molecule has 8 aromatic carbocycles. The van der Waals surface area contributed by atoms with Gasteiger partial charge in [-0.15, -0.1) is 0 Å². The van der Waals surface area contributed by atoms with Gasteiger partial charge in [-0.2, -0.15) is 0 Å². The minimum absolute atomic E-state index is 0.119. The standard InChI is InChI=1S/C50H35N/c1-50(2)44-19-11-10-17-38(44)41-25-27-46-48(49(41)50)43-30-34(23-26-45(43)51(46)36-14-4-3-5-15-36)33-22-24-40-42(29-33)37-16-8-9-18-39(37)47(40)35-21-20-31-12-6-7-13-32(31)28-35/h3-30,47H,1-2H3. The summed E-state index contributed by atoms with van der Waals surface area (Å²) < 4.78 is 2.46. The van der Waals surface area contributed by atoms with Gasteiger partial charge in [0.15, 0.2) is 0 Å². The molecule has 0 bridgehead atoms. The molecule has 1 atom stereocenters. The molecule has 0 radical (unpaired) electrons. The summed E-state index contributed by atoms with van der Waals surface area (Å²) in [5, 5.41) is 5.24. The van der Waals surface area contributed by atoms with Gasteiger partial charge in [0.1, 0.15) is 0 Å². The van der Waals surface area contributed by atoms with Crippen LogP contribution in [0.3, 0.4) is 0 Å². The summed E-state index contributed by atoms with van der Waals surface area (Å²) in [5.74, 6) is 0.215. The van der Waals surface area contributed by atoms with Crippen LogP contribution in [0.4, 0.5) is 0 Å². The zero-order chi connectivity index (χ0) is 33.8. The van der Waals surface area contributed by atoms with Gasteiger partial charge >= 0.3 is 0 Å². The number of rotatable bonds is 3. The van der Waals surface area contributed by atoms with E-state index >= 15 is 0 Å². The van der Waals surface area contributed by atoms with Crippen LogP contribution in [0.5, 0.6) is 0 Å². The molecule has 9 aromatic rings. The van der Waals surface area contributed by atoms with Crippen molar-refractivity contribution in [1.82, 2.24) is 4.57 Å². The van der Waals surface area contributed by atoms with Crippen LogP contribution < -0.4 is 0 Å². The van der Waals surface area contributed by atoms with E-state index in [0.29, 0.717) is 0 Å². The molecule has 11 rings (SSSR count). The number of benzene rings is 8. The quantitative estimate of drug-likeness (QED) is 0.179. The highest BCUT2D eigenvalue weighted by Gasteiger charge is 2.38. The number of para-hydroxylation sites is 1. The van der Waals surface area contributed by atoms with Gasteiger partial charge in [-0.3, -0.25) is 0 Å². The van der Waals surface area contributed by atoms with Crippen molar-refractivity contribution in [3.8, 4) is 39.1 Å². The van der Waals surface area contributed by atoms with Gasteiger partial charge in [0.25, 0.3) is 0 Å². The molecule has 0 fully saturated rings. The molecular formula is C50H35N. The molecule has 0 saturated carbocycles. The molecule has 51 heavy (non-hydrogen) atoms. The highest BCUT2D eigenvalue weighted by Crippen LogP contribution is 2.54. The summed E-state index contributed by atoms with van der Waals surface area (Å²) >= 11 is 0. The first-order chi connectivity index (χ1) is 25.1. The lowest BCUT2D eigenvalue weighted by atomic mass is 9.80. The van der Waals surface area contributed by atoms with Crippen molar-refractivity contribution in [3.05, 3.63) is 198 Å². The predicted octanol–water partition coefficient (Wildman–Crippen LogP) is 13.1. The van der Waals surface area contributed by atoms with E-state index in [0.717, 1.165) is 0 Å². The second-order valence-corrected chi connectivity index (χ2v) is 14.9. The van der Waals surface area contributed by atoms with E-state index in [1.54, 1.807) is 0 Å². The molecule has 0 aliphatic heterocycles. The lowest BCUT2D eigenvalue weighted by molar-refractivity contribution is 0.666. The molecule has 1 aromatic heterocycles. The zero-order valence-corrected chi connectivity index (χ0v) is 28.7. The Balaban J connectivity index is 1.13. The van der Waals surface area contributed by atoms with Crippen LogP contribution in [-0.4, -0.2) is 4.57 Å². The molecule has 1 heteroatoms. The van der Waals surface area contributed by atoms with Gasteiger partial charge in [0, 0.05) is 27.8 Å². The molecule has 0 amide bonds. The van der Waals surface area contributed by atoms with E-state index < -0.39 is 0 Å². The third-order valence-electron chi connectivity index (χ3n) is 11.8. The molecule has 0 N–H and O–H groups in total. The SMILES string of the molecule is CC1(C)c2ccccc2-c2ccc3c(c21)c1cc(-c2ccc4c(c2)-c2ccccc2C4c2ccc4ccccc4c2)ccc1n3-c1ccccc1. The highest BCUT2D eigenvalue weighted by atomic mass is 15.0. The molecular weight excluding hydrogens is 615 g/mol. The minimum atomic E-state index is -0.119. The largest absolute Gasteiger partial charge is 0.309 e. The molecule has 240 valence electrons. The summed E-state index contributed by atoms with van der Waals surface area (Å²) in [7, 11) is 0. The first-order valence-electron chi connectivity index (χ1n) is 18.1. The second-order valence-electron chi connectivity index (χ2n) is 14.9. The molecule has 1 heterocycles. The Kier molecular flexibility index (Phi) is 5.85. The Bertz CT molecular complexity index is 2890. The number of fused-ring (bicyclic) bond motifs is 11. The molecule has 2 aliphatic carbocycles. The summed E-state index contributed by atoms with van der Waals surface area (Å²) in [5.41, 5.74) is 18.4. The first kappa shape index (κ1) is 28.6. The van der Waals surface area contributed by atoms with E-state index in [1.165, 1.54) is 99.5 Å². The fourth-order valence-electron chi connectivity index (χ4n) is 9.55. The first-order valence-corrected chi connectivity index (χ1v) is 18.1. The second kappa shape index (κ2) is 10.4. The summed E-state index contributed by atoms with van der Waals surface area (Å²) in [4.78, 5) is 0. The molecule has 0 saturated heterocycles. The Morgan fingerprint density at radius 2 is 1.16 bits per heavy atom. The van der Waals surface area contributed by atoms with Gasteiger partial charge in [0.2, 0.25) is 0 Å². The van der Waals surface area contributed by atoms with Crippen LogP contribution in [0.2, 0.25) is 0 Å². The van der Waals surface area contributed by atoms with Gasteiger partial charge in [-0.1, -0.05) is 147 Å². The Morgan fingerprint density at radius 1 is 0.471 bits per heavy atom. The lowest BCUT2D eigenvalue weighted by Crippen LogP contribution is -2.15. The fraction of sp³-hybridized carbons (Fsp3) is 0.0800. The maximum Gasteiger partial charge on any atom is 0.0544 e. The number of aromatic nitrogens is 1. The summed E-state index contributed by atoms with van der Waals surface area (Å²) in [6.07, 6.45) is 0. The van der Waals surface area contributed by atoms with E-state index in [-0.39, 0.29) is 11.3 Å². The van der Waals surface area contributed by atoms with Crippen molar-refractivity contribution in [2.24, 2.45) is 0 Å². The average Bonchev–Trinajstić information content (AvgIpc) is 3.77. The van der Waals surface area contributed by atoms with Crippen molar-refractivity contribution in [2.75, 3.05) is 0 Å². The maximum absolute atomic E-state index is 2.46. The van der Waals surface area contributed by atoms with Crippen molar-refractivity contribution < 1.29 is 0 Å². The highest BCUT2D eigenvalue weighted by molar-refractivity contribution is 6.15. The molecule has 1 nitrogen and oxygen atoms in total. The number of nitrogens with zero attached hydrogens (tertiary/aromatic N) is 1. The third kappa shape index (κ3) is 3.98. The van der Waals surface area contributed by atoms with Crippen LogP contribution >= 0.6 is 0 Å². The normalized spacial score (nSPS) is 15.2. The minimum Gasteiger partial charge on any atom is -0.309 e. The topological polar surface area (TPSA) is 4.93 Å². The van der Waals surface area contributed by atoms with Crippen LogP contribution in [0.1, 0.15) is 47.6 Å². The van der Waals surface area contributed by atoms with Crippen LogP contribution in [0, 0.1) is 0 Å². The predicted molar refractivity (Wildman–Crippen MR) is 214 cm³/mol. The number of hydrogen-bond donors (Lipinski definition) is 0. The van der Waals surface area contributed by atoms with Crippen molar-refractivity contribution >= 4 is 32.6 Å². The number of hydrogen-bond acceptors (Lipinski definition) is 0. The Hall–Kier alpha value is -6.18. The Morgan fingerprint density at radius 3 is 2.04 bits per heavy atom. The molecule has 2 aliphatic rings. The third-order valence-corrected chi connectivity index (χ3v) is 11.8. The molecule has 0 spiro atoms. The van der Waals surface area contributed by atoms with Crippen LogP contribution in [0.15, 0.2) is 170 Å². The summed E-state index contributed by atoms with van der Waals surface area (Å²) in [6.45, 7) is 4.80. The van der Waals surface area contributed by atoms with Crippen molar-refractivity contribution in [2.45, 2.75) is 25.2 Å². The van der Waals surface area contributed by atoms with Gasteiger partial charge < -0.3 is 4.57 Å². The fourth-order valence-corrected chi connectivity index (χ4v) is 9.55. The maximum atomic E-state index is 2.46. The van der Waals surface area contributed by atoms with Crippen LogP contribution in [-0.2, 0) is 5.41 Å². The van der Waals surface area contributed by atoms with E-state index in [1.807, 2.05) is 0 Å². The van der Waals surface area contributed by atoms with Crippen LogP contribution in [0.25, 0.3) is 71.6 Å². The monoisotopic (exact) mass is 649 g/mol. The zero-order valence-electron chi connectivity index (χ0n) is 28.7. The Labute approximate surface area is 298 Å². The van der Waals surface area contributed by atoms with E-state index in [2.05, 4.69) is 188 Å². The smallest absolute Gasteiger partial charge is 0.0544 e. The molecule has 1 unspecified atom stereocenters. The van der Waals surface area contributed by atoms with Crippen molar-refractivity contribution in [3.63, 3.8) is 0 Å². The summed E-state index contributed by atoms with van der Waals surface area (Å²) in [6, 6.07) is 63.5. The average molecular weight is 650 g/mol. The van der Waals surface area contributed by atoms with E-state index in [4.69, 9.17) is 0 Å². The van der Waals surface area contributed by atoms with Gasteiger partial charge in [-0.05, 0) is 108 Å². The van der Waals surface area contributed by atoms with Gasteiger partial charge in [-0.25, -0.2) is 0 Å². The van der Waals surface area contributed by atoms with E-state index in [9.17, 15) is 0 Å². The van der Waals surface area contributed by atoms with Crippen molar-refractivity contribution in [1.29, 1.82) is 0 Å². The van der Waals surface area contributed by atoms with Gasteiger partial charge in [0.05, 0.1) is 11.0 Å². The lowest BCUT2D eigenvalue weighted by Gasteiger charge is -2.22.